The van der Waals surface area contributed by atoms with Crippen molar-refractivity contribution >= 4 is 11.3 Å². The number of hydrogen-bond donors (Lipinski definition) is 1. The van der Waals surface area contributed by atoms with Gasteiger partial charge in [-0.3, -0.25) is 0 Å². The molecule has 1 saturated heterocycles. The summed E-state index contributed by atoms with van der Waals surface area (Å²) in [5.74, 6) is 0. The minimum Gasteiger partial charge on any atom is -0.353 e. The van der Waals surface area contributed by atoms with E-state index in [0.717, 1.165) is 26.1 Å². The summed E-state index contributed by atoms with van der Waals surface area (Å²) in [4.78, 5) is 1.38. The summed E-state index contributed by atoms with van der Waals surface area (Å²) in [7, 11) is 0. The van der Waals surface area contributed by atoms with Gasteiger partial charge in [-0.05, 0) is 42.8 Å². The lowest BCUT2D eigenvalue weighted by molar-refractivity contribution is -0.168. The van der Waals surface area contributed by atoms with Crippen molar-refractivity contribution in [3.63, 3.8) is 0 Å². The molecule has 2 rings (SSSR count). The third-order valence-electron chi connectivity index (χ3n) is 2.94. The van der Waals surface area contributed by atoms with Gasteiger partial charge in [-0.25, -0.2) is 0 Å². The molecule has 1 aromatic heterocycles. The van der Waals surface area contributed by atoms with Crippen molar-refractivity contribution in [3.05, 3.63) is 21.9 Å². The number of ether oxygens (including phenoxy) is 2. The van der Waals surface area contributed by atoms with Crippen molar-refractivity contribution in [2.45, 2.75) is 45.6 Å². The molecule has 2 heterocycles. The van der Waals surface area contributed by atoms with E-state index in [1.54, 1.807) is 11.3 Å². The Kier molecular flexibility index (Phi) is 5.45. The lowest BCUT2D eigenvalue weighted by atomic mass is 10.2. The highest BCUT2D eigenvalue weighted by molar-refractivity contribution is 7.10. The summed E-state index contributed by atoms with van der Waals surface area (Å²) in [6, 6.07) is 2.15. The molecule has 0 bridgehead atoms. The Balaban J connectivity index is 1.79. The molecular formula is C13H21NO2S. The van der Waals surface area contributed by atoms with Crippen LogP contribution in [0.2, 0.25) is 0 Å². The lowest BCUT2D eigenvalue weighted by Crippen LogP contribution is -2.22. The highest BCUT2D eigenvalue weighted by Gasteiger charge is 2.15. The van der Waals surface area contributed by atoms with Crippen LogP contribution in [0.4, 0.5) is 0 Å². The molecule has 1 aliphatic rings. The molecule has 1 atom stereocenters. The Morgan fingerprint density at radius 1 is 1.53 bits per heavy atom. The summed E-state index contributed by atoms with van der Waals surface area (Å²) < 4.78 is 11.4. The number of rotatable bonds is 6. The van der Waals surface area contributed by atoms with E-state index in [9.17, 15) is 0 Å². The molecule has 0 aromatic carbocycles. The highest BCUT2D eigenvalue weighted by Crippen LogP contribution is 2.20. The van der Waals surface area contributed by atoms with Crippen LogP contribution in [0.15, 0.2) is 11.4 Å². The van der Waals surface area contributed by atoms with Gasteiger partial charge in [0.05, 0.1) is 6.61 Å². The van der Waals surface area contributed by atoms with Gasteiger partial charge in [0.2, 0.25) is 0 Å². The molecule has 1 aromatic rings. The standard InChI is InChI=1S/C13H21NO2S/c1-2-14-9-12-11(6-8-17-12)10-16-13-5-3-4-7-15-13/h6,8,13-14H,2-5,7,9-10H2,1H3. The van der Waals surface area contributed by atoms with Gasteiger partial charge in [-0.15, -0.1) is 11.3 Å². The maximum Gasteiger partial charge on any atom is 0.158 e. The molecule has 0 aliphatic carbocycles. The van der Waals surface area contributed by atoms with Crippen LogP contribution in [0.3, 0.4) is 0 Å². The number of nitrogens with one attached hydrogen (secondary N) is 1. The Hall–Kier alpha value is -0.420. The van der Waals surface area contributed by atoms with Crippen molar-refractivity contribution in [2.24, 2.45) is 0 Å². The molecule has 1 fully saturated rings. The van der Waals surface area contributed by atoms with E-state index >= 15 is 0 Å². The van der Waals surface area contributed by atoms with Gasteiger partial charge in [0.25, 0.3) is 0 Å². The van der Waals surface area contributed by atoms with Crippen LogP contribution >= 0.6 is 11.3 Å². The van der Waals surface area contributed by atoms with Crippen molar-refractivity contribution in [1.82, 2.24) is 5.32 Å². The molecule has 1 N–H and O–H groups in total. The summed E-state index contributed by atoms with van der Waals surface area (Å²) >= 11 is 1.79. The Bertz CT molecular complexity index is 321. The predicted molar refractivity (Wildman–Crippen MR) is 70.1 cm³/mol. The highest BCUT2D eigenvalue weighted by atomic mass is 32.1. The fourth-order valence-electron chi connectivity index (χ4n) is 1.91. The normalized spacial score (nSPS) is 20.6. The van der Waals surface area contributed by atoms with Crippen LogP contribution in [0.25, 0.3) is 0 Å². The van der Waals surface area contributed by atoms with Gasteiger partial charge in [0.15, 0.2) is 6.29 Å². The van der Waals surface area contributed by atoms with E-state index in [0.29, 0.717) is 6.61 Å². The van der Waals surface area contributed by atoms with E-state index in [1.165, 1.54) is 23.3 Å². The monoisotopic (exact) mass is 255 g/mol. The molecule has 0 saturated carbocycles. The van der Waals surface area contributed by atoms with Gasteiger partial charge >= 0.3 is 0 Å². The molecule has 3 nitrogen and oxygen atoms in total. The van der Waals surface area contributed by atoms with Crippen LogP contribution in [0.5, 0.6) is 0 Å². The van der Waals surface area contributed by atoms with Gasteiger partial charge in [-0.1, -0.05) is 6.92 Å². The molecule has 1 unspecified atom stereocenters. The quantitative estimate of drug-likeness (QED) is 0.848. The summed E-state index contributed by atoms with van der Waals surface area (Å²) in [6.07, 6.45) is 3.44. The molecule has 4 heteroatoms. The lowest BCUT2D eigenvalue weighted by Gasteiger charge is -2.22. The molecule has 0 spiro atoms. The maximum absolute atomic E-state index is 5.80. The van der Waals surface area contributed by atoms with E-state index in [1.807, 2.05) is 0 Å². The van der Waals surface area contributed by atoms with Crippen LogP contribution in [-0.4, -0.2) is 19.4 Å². The summed E-state index contributed by atoms with van der Waals surface area (Å²) in [5.41, 5.74) is 1.30. The second kappa shape index (κ2) is 7.11. The van der Waals surface area contributed by atoms with Gasteiger partial charge in [0, 0.05) is 18.0 Å². The first-order valence-electron chi connectivity index (χ1n) is 6.39. The number of hydrogen-bond acceptors (Lipinski definition) is 4. The van der Waals surface area contributed by atoms with E-state index in [2.05, 4.69) is 23.7 Å². The van der Waals surface area contributed by atoms with Crippen LogP contribution < -0.4 is 5.32 Å². The third-order valence-corrected chi connectivity index (χ3v) is 3.90. The largest absolute Gasteiger partial charge is 0.353 e. The molecule has 0 radical (unpaired) electrons. The number of thiophene rings is 1. The predicted octanol–water partition coefficient (Wildman–Crippen LogP) is 2.90. The van der Waals surface area contributed by atoms with Crippen LogP contribution in [0, 0.1) is 0 Å². The Morgan fingerprint density at radius 2 is 2.47 bits per heavy atom. The zero-order chi connectivity index (χ0) is 11.9. The summed E-state index contributed by atoms with van der Waals surface area (Å²) in [6.45, 7) is 5.59. The SMILES string of the molecule is CCNCc1sccc1COC1CCCCO1. The van der Waals surface area contributed by atoms with Gasteiger partial charge in [0.1, 0.15) is 0 Å². The van der Waals surface area contributed by atoms with Crippen LogP contribution in [-0.2, 0) is 22.6 Å². The van der Waals surface area contributed by atoms with Crippen molar-refractivity contribution in [1.29, 1.82) is 0 Å². The first kappa shape index (κ1) is 13.0. The first-order valence-corrected chi connectivity index (χ1v) is 7.27. The molecule has 96 valence electrons. The first-order chi connectivity index (χ1) is 8.40. The fraction of sp³-hybridized carbons (Fsp3) is 0.692. The second-order valence-electron chi connectivity index (χ2n) is 4.26. The van der Waals surface area contributed by atoms with Crippen LogP contribution in [0.1, 0.15) is 36.6 Å². The van der Waals surface area contributed by atoms with Crippen molar-refractivity contribution < 1.29 is 9.47 Å². The fourth-order valence-corrected chi connectivity index (χ4v) is 2.77. The smallest absolute Gasteiger partial charge is 0.158 e. The third kappa shape index (κ3) is 4.07. The zero-order valence-corrected chi connectivity index (χ0v) is 11.2. The van der Waals surface area contributed by atoms with E-state index in [-0.39, 0.29) is 6.29 Å². The van der Waals surface area contributed by atoms with E-state index in [4.69, 9.17) is 9.47 Å². The van der Waals surface area contributed by atoms with Gasteiger partial charge < -0.3 is 14.8 Å². The molecule has 0 amide bonds. The average molecular weight is 255 g/mol. The molecule has 17 heavy (non-hydrogen) atoms. The summed E-state index contributed by atoms with van der Waals surface area (Å²) in [5, 5.41) is 5.48. The zero-order valence-electron chi connectivity index (χ0n) is 10.4. The Morgan fingerprint density at radius 3 is 3.24 bits per heavy atom. The minimum absolute atomic E-state index is 0.00985. The van der Waals surface area contributed by atoms with Crippen molar-refractivity contribution in [3.8, 4) is 0 Å². The van der Waals surface area contributed by atoms with Crippen molar-refractivity contribution in [2.75, 3.05) is 13.2 Å². The van der Waals surface area contributed by atoms with E-state index < -0.39 is 0 Å². The topological polar surface area (TPSA) is 30.5 Å². The maximum atomic E-state index is 5.80. The minimum atomic E-state index is 0.00985. The Labute approximate surface area is 107 Å². The van der Waals surface area contributed by atoms with Gasteiger partial charge in [-0.2, -0.15) is 0 Å². The second-order valence-corrected chi connectivity index (χ2v) is 5.26. The molecule has 1 aliphatic heterocycles. The molecular weight excluding hydrogens is 234 g/mol. The average Bonchev–Trinajstić information content (AvgIpc) is 2.82.